The van der Waals surface area contributed by atoms with Gasteiger partial charge in [0.25, 0.3) is 0 Å². The predicted octanol–water partition coefficient (Wildman–Crippen LogP) is 2.19. The van der Waals surface area contributed by atoms with Crippen molar-refractivity contribution in [3.05, 3.63) is 48.9 Å². The second kappa shape index (κ2) is 4.77. The van der Waals surface area contributed by atoms with Gasteiger partial charge in [-0.15, -0.1) is 0 Å². The molecule has 0 fully saturated rings. The molecule has 0 aliphatic carbocycles. The van der Waals surface area contributed by atoms with Crippen LogP contribution in [0.2, 0.25) is 0 Å². The van der Waals surface area contributed by atoms with Crippen molar-refractivity contribution in [3.63, 3.8) is 0 Å². The van der Waals surface area contributed by atoms with Gasteiger partial charge >= 0.3 is 0 Å². The van der Waals surface area contributed by atoms with Gasteiger partial charge in [0, 0.05) is 18.1 Å². The second-order valence-electron chi connectivity index (χ2n) is 3.92. The highest BCUT2D eigenvalue weighted by molar-refractivity contribution is 5.74. The van der Waals surface area contributed by atoms with Crippen molar-refractivity contribution >= 4 is 17.3 Å². The van der Waals surface area contributed by atoms with Gasteiger partial charge < -0.3 is 16.0 Å². The maximum atomic E-state index is 5.64. The van der Waals surface area contributed by atoms with Gasteiger partial charge in [-0.1, -0.05) is 18.2 Å². The lowest BCUT2D eigenvalue weighted by atomic mass is 10.2. The van der Waals surface area contributed by atoms with Crippen LogP contribution in [0.3, 0.4) is 0 Å². The molecule has 0 amide bonds. The van der Waals surface area contributed by atoms with Gasteiger partial charge in [-0.25, -0.2) is 15.0 Å². The molecule has 1 aromatic carbocycles. The highest BCUT2D eigenvalue weighted by atomic mass is 15.1. The van der Waals surface area contributed by atoms with E-state index in [4.69, 9.17) is 5.73 Å². The Morgan fingerprint density at radius 2 is 1.95 bits per heavy atom. The van der Waals surface area contributed by atoms with Gasteiger partial charge in [0.05, 0.1) is 11.9 Å². The Labute approximate surface area is 109 Å². The van der Waals surface area contributed by atoms with E-state index < -0.39 is 0 Å². The summed E-state index contributed by atoms with van der Waals surface area (Å²) in [6.45, 7) is 0. The Hall–Kier alpha value is -2.89. The molecule has 2 aromatic heterocycles. The number of imidazole rings is 1. The highest BCUT2D eigenvalue weighted by Gasteiger charge is 2.10. The fraction of sp³-hybridized carbons (Fsp3) is 0. The van der Waals surface area contributed by atoms with Crippen LogP contribution >= 0.6 is 0 Å². The number of nitrogens with one attached hydrogen (secondary N) is 2. The first kappa shape index (κ1) is 11.2. The molecule has 6 nitrogen and oxygen atoms in total. The van der Waals surface area contributed by atoms with Crippen LogP contribution in [0.4, 0.5) is 17.3 Å². The number of nitrogen functional groups attached to an aromatic ring is 1. The minimum absolute atomic E-state index is 0.213. The van der Waals surface area contributed by atoms with Crippen LogP contribution in [0, 0.1) is 0 Å². The third-order valence-corrected chi connectivity index (χ3v) is 2.58. The monoisotopic (exact) mass is 252 g/mol. The number of aromatic nitrogens is 4. The zero-order chi connectivity index (χ0) is 13.1. The largest absolute Gasteiger partial charge is 0.368 e. The van der Waals surface area contributed by atoms with Crippen LogP contribution in [-0.2, 0) is 0 Å². The van der Waals surface area contributed by atoms with E-state index in [2.05, 4.69) is 25.3 Å². The zero-order valence-electron chi connectivity index (χ0n) is 10.0. The molecule has 4 N–H and O–H groups in total. The molecule has 3 aromatic rings. The Morgan fingerprint density at radius 1 is 1.11 bits per heavy atom. The number of para-hydroxylation sites is 1. The van der Waals surface area contributed by atoms with Crippen LogP contribution in [0.5, 0.6) is 0 Å². The summed E-state index contributed by atoms with van der Waals surface area (Å²) in [4.78, 5) is 15.4. The lowest BCUT2D eigenvalue weighted by Gasteiger charge is -2.09. The van der Waals surface area contributed by atoms with Gasteiger partial charge in [-0.3, -0.25) is 0 Å². The molecule has 2 heterocycles. The number of anilines is 3. The third kappa shape index (κ3) is 2.37. The third-order valence-electron chi connectivity index (χ3n) is 2.58. The summed E-state index contributed by atoms with van der Waals surface area (Å²) in [5.74, 6) is 0.859. The quantitative estimate of drug-likeness (QED) is 0.664. The standard InChI is InChI=1S/C13H12N6/c14-13-17-8-10(18-9-4-2-1-3-5-9)11(19-13)12-15-6-7-16-12/h1-8,18H,(H,15,16)(H2,14,17,19). The topological polar surface area (TPSA) is 92.5 Å². The molecular formula is C13H12N6. The molecule has 0 bridgehead atoms. The highest BCUT2D eigenvalue weighted by Crippen LogP contribution is 2.25. The van der Waals surface area contributed by atoms with Gasteiger partial charge in [-0.2, -0.15) is 0 Å². The van der Waals surface area contributed by atoms with Crippen molar-refractivity contribution in [2.24, 2.45) is 0 Å². The van der Waals surface area contributed by atoms with Gasteiger partial charge in [0.15, 0.2) is 5.82 Å². The molecule has 19 heavy (non-hydrogen) atoms. The Bertz CT molecular complexity index is 663. The second-order valence-corrected chi connectivity index (χ2v) is 3.92. The first-order chi connectivity index (χ1) is 9.33. The van der Waals surface area contributed by atoms with Crippen LogP contribution < -0.4 is 11.1 Å². The summed E-state index contributed by atoms with van der Waals surface area (Å²) in [5.41, 5.74) is 7.97. The van der Waals surface area contributed by atoms with Crippen molar-refractivity contribution in [2.75, 3.05) is 11.1 Å². The number of rotatable bonds is 3. The Balaban J connectivity index is 2.02. The SMILES string of the molecule is Nc1ncc(Nc2ccccc2)c(-c2ncc[nH]2)n1. The maximum absolute atomic E-state index is 5.64. The minimum Gasteiger partial charge on any atom is -0.368 e. The maximum Gasteiger partial charge on any atom is 0.220 e. The average Bonchev–Trinajstić information content (AvgIpc) is 2.96. The van der Waals surface area contributed by atoms with E-state index in [0.717, 1.165) is 11.4 Å². The van der Waals surface area contributed by atoms with Crippen LogP contribution in [0.25, 0.3) is 11.5 Å². The molecule has 0 atom stereocenters. The van der Waals surface area contributed by atoms with E-state index in [-0.39, 0.29) is 5.95 Å². The summed E-state index contributed by atoms with van der Waals surface area (Å²) in [6.07, 6.45) is 5.05. The summed E-state index contributed by atoms with van der Waals surface area (Å²) in [5, 5.41) is 3.25. The average molecular weight is 252 g/mol. The normalized spacial score (nSPS) is 10.3. The Morgan fingerprint density at radius 3 is 2.68 bits per heavy atom. The number of nitrogens with zero attached hydrogens (tertiary/aromatic N) is 3. The summed E-state index contributed by atoms with van der Waals surface area (Å²) in [6, 6.07) is 9.78. The van der Waals surface area contributed by atoms with Crippen LogP contribution in [0.15, 0.2) is 48.9 Å². The lowest BCUT2D eigenvalue weighted by Crippen LogP contribution is -2.02. The molecule has 0 spiro atoms. The molecule has 0 saturated carbocycles. The van der Waals surface area contributed by atoms with Gasteiger partial charge in [-0.05, 0) is 12.1 Å². The molecule has 0 saturated heterocycles. The van der Waals surface area contributed by atoms with Crippen LogP contribution in [-0.4, -0.2) is 19.9 Å². The van der Waals surface area contributed by atoms with E-state index in [0.29, 0.717) is 11.5 Å². The lowest BCUT2D eigenvalue weighted by molar-refractivity contribution is 1.15. The number of H-pyrrole nitrogens is 1. The molecular weight excluding hydrogens is 240 g/mol. The zero-order valence-corrected chi connectivity index (χ0v) is 10.0. The number of hydrogen-bond acceptors (Lipinski definition) is 5. The Kier molecular flexibility index (Phi) is 2.82. The van der Waals surface area contributed by atoms with Gasteiger partial charge in [0.1, 0.15) is 5.69 Å². The molecule has 0 unspecified atom stereocenters. The van der Waals surface area contributed by atoms with E-state index in [1.54, 1.807) is 18.6 Å². The number of hydrogen-bond donors (Lipinski definition) is 3. The summed E-state index contributed by atoms with van der Waals surface area (Å²) < 4.78 is 0. The summed E-state index contributed by atoms with van der Waals surface area (Å²) in [7, 11) is 0. The summed E-state index contributed by atoms with van der Waals surface area (Å²) >= 11 is 0. The molecule has 0 aliphatic rings. The number of nitrogens with two attached hydrogens (primary N) is 1. The number of aromatic amines is 1. The first-order valence-corrected chi connectivity index (χ1v) is 5.77. The smallest absolute Gasteiger partial charge is 0.220 e. The predicted molar refractivity (Wildman–Crippen MR) is 73.8 cm³/mol. The van der Waals surface area contributed by atoms with Gasteiger partial charge in [0.2, 0.25) is 5.95 Å². The van der Waals surface area contributed by atoms with E-state index in [9.17, 15) is 0 Å². The van der Waals surface area contributed by atoms with E-state index in [1.807, 2.05) is 30.3 Å². The van der Waals surface area contributed by atoms with Crippen molar-refractivity contribution in [1.82, 2.24) is 19.9 Å². The van der Waals surface area contributed by atoms with E-state index in [1.165, 1.54) is 0 Å². The number of benzene rings is 1. The molecule has 94 valence electrons. The molecule has 3 rings (SSSR count). The molecule has 0 radical (unpaired) electrons. The molecule has 6 heteroatoms. The van der Waals surface area contributed by atoms with Crippen molar-refractivity contribution < 1.29 is 0 Å². The fourth-order valence-electron chi connectivity index (χ4n) is 1.74. The van der Waals surface area contributed by atoms with Crippen LogP contribution in [0.1, 0.15) is 0 Å². The first-order valence-electron chi connectivity index (χ1n) is 5.77. The minimum atomic E-state index is 0.213. The van der Waals surface area contributed by atoms with Crippen molar-refractivity contribution in [1.29, 1.82) is 0 Å². The van der Waals surface area contributed by atoms with E-state index >= 15 is 0 Å². The van der Waals surface area contributed by atoms with Crippen molar-refractivity contribution in [3.8, 4) is 11.5 Å². The fourth-order valence-corrected chi connectivity index (χ4v) is 1.74. The molecule has 0 aliphatic heterocycles. The van der Waals surface area contributed by atoms with Crippen molar-refractivity contribution in [2.45, 2.75) is 0 Å².